The zero-order valence-electron chi connectivity index (χ0n) is 18.6. The topological polar surface area (TPSA) is 0 Å². The molecule has 170 valence electrons. The van der Waals surface area contributed by atoms with E-state index < -0.39 is 11.6 Å². The first-order chi connectivity index (χ1) is 16.0. The Labute approximate surface area is 198 Å². The molecule has 0 atom stereocenters. The van der Waals surface area contributed by atoms with Crippen molar-refractivity contribution in [1.29, 1.82) is 0 Å². The van der Waals surface area contributed by atoms with E-state index in [2.05, 4.69) is 6.92 Å². The van der Waals surface area contributed by atoms with Crippen LogP contribution in [0.5, 0.6) is 0 Å². The molecule has 0 aliphatic carbocycles. The molecule has 0 aliphatic rings. The molecule has 0 radical (unpaired) electrons. The Morgan fingerprint density at radius 2 is 1.36 bits per heavy atom. The van der Waals surface area contributed by atoms with E-state index >= 15 is 4.39 Å². The molecule has 0 fully saturated rings. The highest BCUT2D eigenvalue weighted by Gasteiger charge is 2.14. The third kappa shape index (κ3) is 5.25. The second-order valence-corrected chi connectivity index (χ2v) is 8.88. The van der Waals surface area contributed by atoms with Crippen LogP contribution >= 0.6 is 11.6 Å². The molecule has 0 aliphatic heterocycles. The Morgan fingerprint density at radius 3 is 2.12 bits per heavy atom. The van der Waals surface area contributed by atoms with Gasteiger partial charge in [0, 0.05) is 16.5 Å². The monoisotopic (exact) mass is 466 g/mol. The van der Waals surface area contributed by atoms with E-state index in [4.69, 9.17) is 11.6 Å². The van der Waals surface area contributed by atoms with Crippen LogP contribution in [0.4, 0.5) is 13.2 Å². The van der Waals surface area contributed by atoms with Gasteiger partial charge in [-0.25, -0.2) is 13.2 Å². The maximum Gasteiger partial charge on any atom is 0.142 e. The van der Waals surface area contributed by atoms with Crippen molar-refractivity contribution in [3.05, 3.63) is 94.8 Å². The molecule has 0 saturated carbocycles. The molecule has 0 unspecified atom stereocenters. The second kappa shape index (κ2) is 10.4. The summed E-state index contributed by atoms with van der Waals surface area (Å²) < 4.78 is 44.0. The lowest BCUT2D eigenvalue weighted by Gasteiger charge is -2.11. The Morgan fingerprint density at radius 1 is 0.667 bits per heavy atom. The van der Waals surface area contributed by atoms with Crippen molar-refractivity contribution in [2.75, 3.05) is 0 Å². The molecule has 4 aromatic carbocycles. The fourth-order valence-corrected chi connectivity index (χ4v) is 4.35. The van der Waals surface area contributed by atoms with E-state index in [-0.39, 0.29) is 16.4 Å². The van der Waals surface area contributed by atoms with Gasteiger partial charge >= 0.3 is 0 Å². The quantitative estimate of drug-likeness (QED) is 0.227. The van der Waals surface area contributed by atoms with Gasteiger partial charge in [0.25, 0.3) is 0 Å². The number of rotatable bonds is 8. The van der Waals surface area contributed by atoms with Crippen LogP contribution in [-0.2, 0) is 6.42 Å². The van der Waals surface area contributed by atoms with Crippen LogP contribution < -0.4 is 0 Å². The first-order valence-corrected chi connectivity index (χ1v) is 11.8. The number of fused-ring (bicyclic) bond motifs is 1. The molecule has 33 heavy (non-hydrogen) atoms. The van der Waals surface area contributed by atoms with Gasteiger partial charge < -0.3 is 0 Å². The van der Waals surface area contributed by atoms with Crippen LogP contribution in [0.15, 0.2) is 66.7 Å². The van der Waals surface area contributed by atoms with Gasteiger partial charge in [-0.3, -0.25) is 0 Å². The van der Waals surface area contributed by atoms with Crippen molar-refractivity contribution in [3.8, 4) is 22.3 Å². The number of benzene rings is 4. The van der Waals surface area contributed by atoms with Crippen LogP contribution in [0, 0.1) is 17.5 Å². The Bertz CT molecular complexity index is 1280. The second-order valence-electron chi connectivity index (χ2n) is 8.47. The summed E-state index contributed by atoms with van der Waals surface area (Å²) in [6, 6.07) is 18.0. The zero-order chi connectivity index (χ0) is 23.4. The van der Waals surface area contributed by atoms with Crippen molar-refractivity contribution in [2.45, 2.75) is 45.4 Å². The fourth-order valence-electron chi connectivity index (χ4n) is 4.23. The highest BCUT2D eigenvalue weighted by Crippen LogP contribution is 2.33. The molecule has 0 N–H and O–H groups in total. The van der Waals surface area contributed by atoms with E-state index in [1.165, 1.54) is 49.4 Å². The first kappa shape index (κ1) is 23.4. The first-order valence-electron chi connectivity index (χ1n) is 11.4. The van der Waals surface area contributed by atoms with Gasteiger partial charge in [-0.15, -0.1) is 0 Å². The molecule has 4 aromatic rings. The van der Waals surface area contributed by atoms with Gasteiger partial charge in [0.2, 0.25) is 0 Å². The average molecular weight is 467 g/mol. The predicted molar refractivity (Wildman–Crippen MR) is 132 cm³/mol. The highest BCUT2D eigenvalue weighted by atomic mass is 35.5. The summed E-state index contributed by atoms with van der Waals surface area (Å²) in [4.78, 5) is 0. The fraction of sp³-hybridized carbons (Fsp3) is 0.241. The zero-order valence-corrected chi connectivity index (χ0v) is 19.4. The van der Waals surface area contributed by atoms with E-state index in [0.29, 0.717) is 22.1 Å². The van der Waals surface area contributed by atoms with Gasteiger partial charge in [-0.2, -0.15) is 0 Å². The Kier molecular flexibility index (Phi) is 7.39. The van der Waals surface area contributed by atoms with Crippen LogP contribution in [0.2, 0.25) is 5.02 Å². The van der Waals surface area contributed by atoms with Crippen LogP contribution in [0.3, 0.4) is 0 Å². The Balaban J connectivity index is 1.59. The molecule has 0 saturated heterocycles. The van der Waals surface area contributed by atoms with Crippen molar-refractivity contribution in [2.24, 2.45) is 0 Å². The molecule has 0 aromatic heterocycles. The average Bonchev–Trinajstić information content (AvgIpc) is 2.81. The summed E-state index contributed by atoms with van der Waals surface area (Å²) in [5.41, 5.74) is 2.59. The van der Waals surface area contributed by atoms with Gasteiger partial charge in [0.15, 0.2) is 0 Å². The minimum atomic E-state index is -0.612. The number of hydrogen-bond acceptors (Lipinski definition) is 0. The van der Waals surface area contributed by atoms with E-state index in [1.54, 1.807) is 24.3 Å². The van der Waals surface area contributed by atoms with Crippen molar-refractivity contribution in [1.82, 2.24) is 0 Å². The predicted octanol–water partition coefficient (Wildman–Crippen LogP) is 9.76. The summed E-state index contributed by atoms with van der Waals surface area (Å²) in [7, 11) is 0. The molecule has 0 bridgehead atoms. The van der Waals surface area contributed by atoms with E-state index in [1.807, 2.05) is 24.3 Å². The molecule has 0 amide bonds. The molecule has 4 rings (SSSR count). The lowest BCUT2D eigenvalue weighted by molar-refractivity contribution is 0.624. The molecular formula is C29H26ClF3. The molecule has 0 spiro atoms. The summed E-state index contributed by atoms with van der Waals surface area (Å²) in [6.07, 6.45) is 7.08. The Hall–Kier alpha value is -2.78. The number of halogens is 4. The summed E-state index contributed by atoms with van der Waals surface area (Å²) >= 11 is 5.72. The van der Waals surface area contributed by atoms with Gasteiger partial charge in [0.1, 0.15) is 17.5 Å². The molecule has 0 nitrogen and oxygen atoms in total. The molecular weight excluding hydrogens is 441 g/mol. The largest absolute Gasteiger partial charge is 0.206 e. The minimum Gasteiger partial charge on any atom is -0.206 e. The van der Waals surface area contributed by atoms with Crippen LogP contribution in [0.1, 0.15) is 44.6 Å². The van der Waals surface area contributed by atoms with Gasteiger partial charge in [0.05, 0.1) is 5.02 Å². The van der Waals surface area contributed by atoms with Gasteiger partial charge in [-0.1, -0.05) is 92.7 Å². The van der Waals surface area contributed by atoms with Crippen LogP contribution in [-0.4, -0.2) is 0 Å². The number of hydrogen-bond donors (Lipinski definition) is 0. The van der Waals surface area contributed by atoms with Crippen molar-refractivity contribution < 1.29 is 13.2 Å². The lowest BCUT2D eigenvalue weighted by atomic mass is 9.96. The normalized spacial score (nSPS) is 11.3. The SMILES string of the molecule is CCCCCCCc1ccc2c(F)c(-c3ccc(-c4ccc(Cl)c(F)c4)c(F)c3)ccc2c1. The third-order valence-electron chi connectivity index (χ3n) is 6.10. The minimum absolute atomic E-state index is 0.0198. The lowest BCUT2D eigenvalue weighted by Crippen LogP contribution is -1.92. The summed E-state index contributed by atoms with van der Waals surface area (Å²) in [5.74, 6) is -1.53. The molecule has 4 heteroatoms. The van der Waals surface area contributed by atoms with Crippen molar-refractivity contribution in [3.63, 3.8) is 0 Å². The highest BCUT2D eigenvalue weighted by molar-refractivity contribution is 6.30. The number of aryl methyl sites for hydroxylation is 1. The smallest absolute Gasteiger partial charge is 0.142 e. The van der Waals surface area contributed by atoms with E-state index in [0.717, 1.165) is 18.2 Å². The molecule has 0 heterocycles. The summed E-state index contributed by atoms with van der Waals surface area (Å²) in [6.45, 7) is 2.20. The number of unbranched alkanes of at least 4 members (excludes halogenated alkanes) is 4. The van der Waals surface area contributed by atoms with Gasteiger partial charge in [-0.05, 0) is 53.1 Å². The van der Waals surface area contributed by atoms with Crippen LogP contribution in [0.25, 0.3) is 33.0 Å². The maximum absolute atomic E-state index is 15.3. The summed E-state index contributed by atoms with van der Waals surface area (Å²) in [5, 5.41) is 1.34. The maximum atomic E-state index is 15.3. The third-order valence-corrected chi connectivity index (χ3v) is 6.40. The standard InChI is InChI=1S/C29H26ClF3/c1-2-3-4-5-6-7-19-8-12-24-20(16-19)10-14-25(29(24)33)22-9-13-23(27(31)17-22)21-11-15-26(30)28(32)18-21/h8-18H,2-7H2,1H3. The van der Waals surface area contributed by atoms with Crippen molar-refractivity contribution >= 4 is 22.4 Å². The van der Waals surface area contributed by atoms with E-state index in [9.17, 15) is 8.78 Å².